The van der Waals surface area contributed by atoms with Crippen molar-refractivity contribution in [3.63, 3.8) is 0 Å². The van der Waals surface area contributed by atoms with E-state index >= 15 is 0 Å². The highest BCUT2D eigenvalue weighted by Gasteiger charge is 2.12. The molecule has 0 aliphatic carbocycles. The Bertz CT molecular complexity index is 654. The number of rotatable bonds is 5. The van der Waals surface area contributed by atoms with Crippen molar-refractivity contribution in [3.05, 3.63) is 47.5 Å². The van der Waals surface area contributed by atoms with E-state index in [2.05, 4.69) is 0 Å². The monoisotopic (exact) mass is 300 g/mol. The van der Waals surface area contributed by atoms with Gasteiger partial charge in [0.05, 0.1) is 6.61 Å². The zero-order valence-electron chi connectivity index (χ0n) is 13.1. The van der Waals surface area contributed by atoms with E-state index in [9.17, 15) is 9.90 Å². The molecule has 0 saturated heterocycles. The Balaban J connectivity index is 2.26. The van der Waals surface area contributed by atoms with Crippen LogP contribution in [0.1, 0.15) is 18.1 Å². The first-order valence-corrected chi connectivity index (χ1v) is 7.21. The standard InChI is InChI=1S/C18H20O4/c1-4-21-17(20)11-22-18-12(2)9-14(10-13(18)3)15-7-5-6-8-16(15)19/h5-10,19H,4,11H2,1-3H3. The maximum atomic E-state index is 11.4. The minimum atomic E-state index is -0.383. The molecule has 2 aromatic rings. The molecule has 0 heterocycles. The Morgan fingerprint density at radius 1 is 1.14 bits per heavy atom. The summed E-state index contributed by atoms with van der Waals surface area (Å²) in [6.07, 6.45) is 0. The van der Waals surface area contributed by atoms with Gasteiger partial charge in [-0.25, -0.2) is 4.79 Å². The van der Waals surface area contributed by atoms with Gasteiger partial charge >= 0.3 is 5.97 Å². The summed E-state index contributed by atoms with van der Waals surface area (Å²) >= 11 is 0. The van der Waals surface area contributed by atoms with Gasteiger partial charge in [-0.15, -0.1) is 0 Å². The van der Waals surface area contributed by atoms with E-state index in [4.69, 9.17) is 9.47 Å². The molecule has 0 bridgehead atoms. The summed E-state index contributed by atoms with van der Waals surface area (Å²) in [4.78, 5) is 11.4. The Morgan fingerprint density at radius 3 is 2.36 bits per heavy atom. The molecule has 0 aliphatic heterocycles. The van der Waals surface area contributed by atoms with E-state index in [-0.39, 0.29) is 18.3 Å². The minimum Gasteiger partial charge on any atom is -0.507 e. The molecule has 0 saturated carbocycles. The first-order valence-electron chi connectivity index (χ1n) is 7.21. The van der Waals surface area contributed by atoms with E-state index in [1.165, 1.54) is 0 Å². The van der Waals surface area contributed by atoms with Crippen LogP contribution in [-0.4, -0.2) is 24.3 Å². The lowest BCUT2D eigenvalue weighted by Crippen LogP contribution is -2.15. The quantitative estimate of drug-likeness (QED) is 0.857. The van der Waals surface area contributed by atoms with Crippen molar-refractivity contribution in [1.29, 1.82) is 0 Å². The highest BCUT2D eigenvalue weighted by Crippen LogP contribution is 2.34. The lowest BCUT2D eigenvalue weighted by Gasteiger charge is -2.14. The molecule has 0 fully saturated rings. The highest BCUT2D eigenvalue weighted by atomic mass is 16.6. The lowest BCUT2D eigenvalue weighted by atomic mass is 9.99. The molecule has 0 atom stereocenters. The zero-order valence-corrected chi connectivity index (χ0v) is 13.1. The van der Waals surface area contributed by atoms with Crippen LogP contribution < -0.4 is 4.74 Å². The average molecular weight is 300 g/mol. The van der Waals surface area contributed by atoms with Crippen LogP contribution in [0.3, 0.4) is 0 Å². The van der Waals surface area contributed by atoms with Crippen LogP contribution >= 0.6 is 0 Å². The number of hydrogen-bond donors (Lipinski definition) is 1. The number of benzene rings is 2. The zero-order chi connectivity index (χ0) is 16.1. The van der Waals surface area contributed by atoms with Crippen molar-refractivity contribution in [3.8, 4) is 22.6 Å². The van der Waals surface area contributed by atoms with Crippen molar-refractivity contribution < 1.29 is 19.4 Å². The Kier molecular flexibility index (Phi) is 5.04. The number of para-hydroxylation sites is 1. The molecule has 0 spiro atoms. The summed E-state index contributed by atoms with van der Waals surface area (Å²) in [5.74, 6) is 0.528. The third-order valence-corrected chi connectivity index (χ3v) is 3.32. The molecular weight excluding hydrogens is 280 g/mol. The first kappa shape index (κ1) is 15.9. The van der Waals surface area contributed by atoms with Crippen LogP contribution in [0.15, 0.2) is 36.4 Å². The van der Waals surface area contributed by atoms with E-state index in [0.29, 0.717) is 12.4 Å². The molecule has 4 nitrogen and oxygen atoms in total. The molecule has 116 valence electrons. The molecule has 0 aliphatic rings. The smallest absolute Gasteiger partial charge is 0.344 e. The highest BCUT2D eigenvalue weighted by molar-refractivity contribution is 5.73. The number of carbonyl (C=O) groups excluding carboxylic acids is 1. The van der Waals surface area contributed by atoms with Gasteiger partial charge in [-0.3, -0.25) is 0 Å². The topological polar surface area (TPSA) is 55.8 Å². The van der Waals surface area contributed by atoms with Crippen molar-refractivity contribution in [2.45, 2.75) is 20.8 Å². The lowest BCUT2D eigenvalue weighted by molar-refractivity contribution is -0.145. The first-order chi connectivity index (χ1) is 10.5. The minimum absolute atomic E-state index is 0.106. The molecule has 0 unspecified atom stereocenters. The molecule has 2 rings (SSSR count). The SMILES string of the molecule is CCOC(=O)COc1c(C)cc(-c2ccccc2O)cc1C. The normalized spacial score (nSPS) is 10.3. The number of phenolic OH excluding ortho intramolecular Hbond substituents is 1. The third kappa shape index (κ3) is 3.58. The number of hydrogen-bond acceptors (Lipinski definition) is 4. The van der Waals surface area contributed by atoms with Gasteiger partial charge in [0.25, 0.3) is 0 Å². The van der Waals surface area contributed by atoms with Gasteiger partial charge in [0.1, 0.15) is 11.5 Å². The van der Waals surface area contributed by atoms with E-state index in [0.717, 1.165) is 22.3 Å². The van der Waals surface area contributed by atoms with Gasteiger partial charge in [0, 0.05) is 5.56 Å². The van der Waals surface area contributed by atoms with Gasteiger partial charge in [0.2, 0.25) is 0 Å². The summed E-state index contributed by atoms with van der Waals surface area (Å²) in [5.41, 5.74) is 3.49. The van der Waals surface area contributed by atoms with Crippen LogP contribution in [0.4, 0.5) is 0 Å². The summed E-state index contributed by atoms with van der Waals surface area (Å²) in [5, 5.41) is 9.96. The number of aryl methyl sites for hydroxylation is 2. The molecule has 0 radical (unpaired) electrons. The van der Waals surface area contributed by atoms with E-state index in [1.54, 1.807) is 19.1 Å². The number of ether oxygens (including phenoxy) is 2. The maximum absolute atomic E-state index is 11.4. The van der Waals surface area contributed by atoms with Crippen LogP contribution in [-0.2, 0) is 9.53 Å². The number of aromatic hydroxyl groups is 1. The number of carbonyl (C=O) groups is 1. The summed E-state index contributed by atoms with van der Waals surface area (Å²) in [6, 6.07) is 11.1. The van der Waals surface area contributed by atoms with Crippen LogP contribution in [0.2, 0.25) is 0 Å². The summed E-state index contributed by atoms with van der Waals surface area (Å²) in [7, 11) is 0. The average Bonchev–Trinajstić information content (AvgIpc) is 2.47. The molecule has 4 heteroatoms. The predicted molar refractivity (Wildman–Crippen MR) is 85.1 cm³/mol. The molecule has 1 N–H and O–H groups in total. The fourth-order valence-electron chi connectivity index (χ4n) is 2.38. The molecular formula is C18H20O4. The molecule has 0 amide bonds. The second kappa shape index (κ2) is 6.98. The Labute approximate surface area is 130 Å². The van der Waals surface area contributed by atoms with E-state index < -0.39 is 0 Å². The Morgan fingerprint density at radius 2 is 1.77 bits per heavy atom. The van der Waals surface area contributed by atoms with Gasteiger partial charge < -0.3 is 14.6 Å². The largest absolute Gasteiger partial charge is 0.507 e. The van der Waals surface area contributed by atoms with Gasteiger partial charge in [-0.2, -0.15) is 0 Å². The van der Waals surface area contributed by atoms with Crippen molar-refractivity contribution in [1.82, 2.24) is 0 Å². The van der Waals surface area contributed by atoms with Gasteiger partial charge in [0.15, 0.2) is 6.61 Å². The van der Waals surface area contributed by atoms with Crippen molar-refractivity contribution >= 4 is 5.97 Å². The number of phenols is 1. The van der Waals surface area contributed by atoms with Crippen LogP contribution in [0.25, 0.3) is 11.1 Å². The number of esters is 1. The second-order valence-electron chi connectivity index (χ2n) is 5.05. The van der Waals surface area contributed by atoms with Crippen molar-refractivity contribution in [2.24, 2.45) is 0 Å². The van der Waals surface area contributed by atoms with Gasteiger partial charge in [-0.1, -0.05) is 18.2 Å². The predicted octanol–water partition coefficient (Wildman–Crippen LogP) is 3.62. The molecule has 0 aromatic heterocycles. The fourth-order valence-corrected chi connectivity index (χ4v) is 2.38. The van der Waals surface area contributed by atoms with E-state index in [1.807, 2.05) is 38.1 Å². The van der Waals surface area contributed by atoms with Crippen LogP contribution in [0, 0.1) is 13.8 Å². The molecule has 2 aromatic carbocycles. The van der Waals surface area contributed by atoms with Crippen molar-refractivity contribution in [2.75, 3.05) is 13.2 Å². The maximum Gasteiger partial charge on any atom is 0.344 e. The van der Waals surface area contributed by atoms with Crippen LogP contribution in [0.5, 0.6) is 11.5 Å². The molecule has 22 heavy (non-hydrogen) atoms. The second-order valence-corrected chi connectivity index (χ2v) is 5.05. The summed E-state index contributed by atoms with van der Waals surface area (Å²) < 4.78 is 10.4. The van der Waals surface area contributed by atoms with Gasteiger partial charge in [-0.05, 0) is 55.7 Å². The summed E-state index contributed by atoms with van der Waals surface area (Å²) in [6.45, 7) is 5.82. The fraction of sp³-hybridized carbons (Fsp3) is 0.278. The third-order valence-electron chi connectivity index (χ3n) is 3.32. The Hall–Kier alpha value is -2.49.